The Balaban J connectivity index is 0.964. The second kappa shape index (κ2) is 18.9. The minimum absolute atomic E-state index is 0.0228. The number of pyridine rings is 1. The van der Waals surface area contributed by atoms with Gasteiger partial charge in [0.15, 0.2) is 0 Å². The Morgan fingerprint density at radius 2 is 1.19 bits per heavy atom. The molecule has 0 amide bonds. The molecular weight excluding hydrogens is 951 g/mol. The molecule has 0 aliphatic heterocycles. The fourth-order valence-electron chi connectivity index (χ4n) is 11.1. The molecule has 0 N–H and O–H groups in total. The average Bonchev–Trinajstić information content (AvgIpc) is 1.57. The summed E-state index contributed by atoms with van der Waals surface area (Å²) in [6.07, 6.45) is 6.51. The van der Waals surface area contributed by atoms with Gasteiger partial charge in [-0.15, -0.1) is 0 Å². The lowest BCUT2D eigenvalue weighted by molar-refractivity contribution is -0.571. The van der Waals surface area contributed by atoms with Gasteiger partial charge in [-0.3, -0.25) is 13.7 Å². The molecule has 0 aliphatic carbocycles. The maximum Gasteiger partial charge on any atom is 0.269 e. The molecule has 6 nitrogen and oxygen atoms in total. The van der Waals surface area contributed by atoms with E-state index in [2.05, 4.69) is 179 Å². The van der Waals surface area contributed by atoms with Crippen LogP contribution in [0.15, 0.2) is 218 Å². The van der Waals surface area contributed by atoms with E-state index in [9.17, 15) is 2.74 Å². The zero-order valence-electron chi connectivity index (χ0n) is 53.1. The van der Waals surface area contributed by atoms with Crippen LogP contribution in [0.4, 0.5) is 0 Å². The van der Waals surface area contributed by atoms with Crippen LogP contribution in [0.3, 0.4) is 0 Å². The largest absolute Gasteiger partial charge is 0.458 e. The van der Waals surface area contributed by atoms with Crippen molar-refractivity contribution in [3.8, 4) is 56.6 Å². The molecule has 0 radical (unpaired) electrons. The van der Waals surface area contributed by atoms with Gasteiger partial charge in [-0.2, -0.15) is 0 Å². The Bertz CT molecular complexity index is 4820. The summed E-state index contributed by atoms with van der Waals surface area (Å²) >= 11 is 0. The highest BCUT2D eigenvalue weighted by Crippen LogP contribution is 2.41. The molecule has 78 heavy (non-hydrogen) atoms. The molecule has 4 heterocycles. The highest BCUT2D eigenvalue weighted by Gasteiger charge is 2.25. The van der Waals surface area contributed by atoms with Crippen molar-refractivity contribution in [2.75, 3.05) is 0 Å². The van der Waals surface area contributed by atoms with Gasteiger partial charge in [0.2, 0.25) is 0 Å². The van der Waals surface area contributed by atoms with Gasteiger partial charge in [0.25, 0.3) is 6.33 Å². The third-order valence-corrected chi connectivity index (χ3v) is 14.9. The highest BCUT2D eigenvalue weighted by molar-refractivity contribution is 6.12. The fraction of sp³-hybridized carbons (Fsp3) is 0.167. The number of fused-ring (bicyclic) bond motifs is 7. The molecule has 9 aromatic carbocycles. The molecule has 0 spiro atoms. The van der Waals surface area contributed by atoms with E-state index < -0.39 is 24.2 Å². The quantitative estimate of drug-likeness (QED) is 0.101. The Morgan fingerprint density at radius 1 is 0.526 bits per heavy atom. The molecule has 0 unspecified atom stereocenters. The molecule has 6 heteroatoms. The number of benzene rings is 9. The summed E-state index contributed by atoms with van der Waals surface area (Å²) in [4.78, 5) is 4.94. The van der Waals surface area contributed by atoms with Crippen LogP contribution in [0.5, 0.6) is 11.5 Å². The van der Waals surface area contributed by atoms with Gasteiger partial charge in [0, 0.05) is 39.5 Å². The monoisotopic (exact) mass is 1020 g/mol. The third-order valence-electron chi connectivity index (χ3n) is 14.9. The van der Waals surface area contributed by atoms with Crippen molar-refractivity contribution in [3.05, 3.63) is 241 Å². The molecule has 0 aliphatic rings. The number of rotatable bonds is 10. The van der Waals surface area contributed by atoms with Crippen LogP contribution in [0.25, 0.3) is 99.8 Å². The zero-order chi connectivity index (χ0) is 60.4. The average molecular weight is 1020 g/mol. The van der Waals surface area contributed by atoms with Crippen molar-refractivity contribution in [2.45, 2.75) is 72.6 Å². The number of hydrogen-bond acceptors (Lipinski definition) is 2. The first-order chi connectivity index (χ1) is 41.1. The number of aromatic nitrogens is 5. The first-order valence-corrected chi connectivity index (χ1v) is 26.7. The first kappa shape index (κ1) is 40.3. The van der Waals surface area contributed by atoms with E-state index in [-0.39, 0.29) is 56.8 Å². The molecule has 0 fully saturated rings. The Hall–Kier alpha value is -9.00. The van der Waals surface area contributed by atoms with Crippen molar-refractivity contribution < 1.29 is 20.3 Å². The summed E-state index contributed by atoms with van der Waals surface area (Å²) in [5.74, 6) is 2.24. The van der Waals surface area contributed by atoms with E-state index in [1.807, 2.05) is 66.9 Å². The van der Waals surface area contributed by atoms with Gasteiger partial charge < -0.3 is 9.30 Å². The van der Waals surface area contributed by atoms with E-state index >= 15 is 0 Å². The number of ether oxygens (including phenoxy) is 1. The molecule has 13 rings (SSSR count). The Morgan fingerprint density at radius 3 is 1.91 bits per heavy atom. The maximum absolute atomic E-state index is 9.19. The van der Waals surface area contributed by atoms with Crippen LogP contribution >= 0.6 is 0 Å². The van der Waals surface area contributed by atoms with Crippen LogP contribution in [-0.4, -0.2) is 18.7 Å². The molecule has 4 aromatic heterocycles. The summed E-state index contributed by atoms with van der Waals surface area (Å²) in [5.41, 5.74) is 13.8. The van der Waals surface area contributed by atoms with E-state index in [0.717, 1.165) is 78.5 Å². The van der Waals surface area contributed by atoms with Gasteiger partial charge in [-0.25, -0.2) is 4.98 Å². The van der Waals surface area contributed by atoms with Gasteiger partial charge >= 0.3 is 0 Å². The molecule has 13 aromatic rings. The van der Waals surface area contributed by atoms with E-state index in [0.29, 0.717) is 28.9 Å². The van der Waals surface area contributed by atoms with E-state index in [1.165, 1.54) is 11.1 Å². The summed E-state index contributed by atoms with van der Waals surface area (Å²) in [6.45, 7) is 18.0. The number of hydrogen-bond donors (Lipinski definition) is 0. The number of para-hydroxylation sites is 5. The van der Waals surface area contributed by atoms with Crippen molar-refractivity contribution in [1.82, 2.24) is 18.7 Å². The van der Waals surface area contributed by atoms with Crippen molar-refractivity contribution in [1.29, 1.82) is 0 Å². The highest BCUT2D eigenvalue weighted by atomic mass is 16.5. The smallest absolute Gasteiger partial charge is 0.269 e. The summed E-state index contributed by atoms with van der Waals surface area (Å²) < 4.78 is 85.9. The third kappa shape index (κ3) is 8.62. The maximum atomic E-state index is 9.19. The van der Waals surface area contributed by atoms with E-state index in [1.54, 1.807) is 4.57 Å². The van der Waals surface area contributed by atoms with Crippen LogP contribution in [0.2, 0.25) is 0 Å². The molecular formula is C72H63N5O. The van der Waals surface area contributed by atoms with Gasteiger partial charge in [-0.05, 0) is 135 Å². The van der Waals surface area contributed by atoms with Gasteiger partial charge in [0.05, 0.1) is 55.4 Å². The molecule has 0 bridgehead atoms. The molecule has 0 atom stereocenters. The summed E-state index contributed by atoms with van der Waals surface area (Å²) in [6, 6.07) is 53.0. The zero-order valence-corrected chi connectivity index (χ0v) is 45.1. The summed E-state index contributed by atoms with van der Waals surface area (Å²) in [5, 5.41) is 1.65. The lowest BCUT2D eigenvalue weighted by Gasteiger charge is -2.27. The van der Waals surface area contributed by atoms with Gasteiger partial charge in [0.1, 0.15) is 17.3 Å². The Kier molecular flexibility index (Phi) is 9.77. The minimum Gasteiger partial charge on any atom is -0.458 e. The standard InChI is InChI=1S/C72H63N5O/c1-47(2)38-48-36-37-73-69(39-48)77-65-35-32-54(76-63-28-14-12-24-59(63)60-25-13-15-29-64(60)76)44-62(65)61-34-33-56(45-68(61)77)78-55-23-18-22-53(43-55)74-46-75(67-31-17-16-30-66(67)74)70-57(49-20-10-9-11-21-49)26-19-27-58(70)50-40-51(71(3,4)5)42-52(41-50)72(6,7)8/h9-37,39-45,47H,38H2,1-8H3/i12D,13D,14D,15D,24D,25D,28D,29D. The lowest BCUT2D eigenvalue weighted by atomic mass is 9.78. The number of imidazole rings is 1. The second-order valence-electron chi connectivity index (χ2n) is 22.8. The second-order valence-corrected chi connectivity index (χ2v) is 22.8. The number of nitrogens with zero attached hydrogens (tertiary/aromatic N) is 5. The Labute approximate surface area is 468 Å². The SMILES string of the molecule is [2H]c1c([2H])c([2H])c2c(c1[2H])c1c([2H])c([2H])c([2H])c([2H])c1n2-c1ccc2c(c1)c1ccc(Oc3cccc(-n4[c-][n+](-c5c(-c6ccccc6)cccc5-c5cc(C(C)(C)C)cc(C(C)(C)C)c5)c5ccccc54)c3)cc1n2-c1cc(CC(C)C)ccn1. The normalized spacial score (nSPS) is 13.7. The van der Waals surface area contributed by atoms with Crippen LogP contribution < -0.4 is 9.30 Å². The summed E-state index contributed by atoms with van der Waals surface area (Å²) in [7, 11) is 0. The minimum atomic E-state index is -0.489. The molecule has 0 saturated heterocycles. The van der Waals surface area contributed by atoms with Crippen molar-refractivity contribution >= 4 is 54.6 Å². The van der Waals surface area contributed by atoms with E-state index in [4.69, 9.17) is 17.9 Å². The topological polar surface area (TPSA) is 40.8 Å². The van der Waals surface area contributed by atoms with Crippen LogP contribution in [0, 0.1) is 12.2 Å². The predicted molar refractivity (Wildman–Crippen MR) is 323 cm³/mol. The van der Waals surface area contributed by atoms with Gasteiger partial charge in [-0.1, -0.05) is 189 Å². The van der Waals surface area contributed by atoms with Crippen molar-refractivity contribution in [2.24, 2.45) is 5.92 Å². The first-order valence-electron chi connectivity index (χ1n) is 30.7. The van der Waals surface area contributed by atoms with Crippen LogP contribution in [0.1, 0.15) is 83.0 Å². The molecule has 382 valence electrons. The van der Waals surface area contributed by atoms with Crippen molar-refractivity contribution in [3.63, 3.8) is 0 Å². The lowest BCUT2D eigenvalue weighted by Crippen LogP contribution is -2.31. The molecule has 0 saturated carbocycles. The predicted octanol–water partition coefficient (Wildman–Crippen LogP) is 18.2. The fourth-order valence-corrected chi connectivity index (χ4v) is 11.1. The van der Waals surface area contributed by atoms with Crippen LogP contribution in [-0.2, 0) is 17.3 Å².